The van der Waals surface area contributed by atoms with Crippen molar-refractivity contribution in [2.75, 3.05) is 18.8 Å². The van der Waals surface area contributed by atoms with Gasteiger partial charge >= 0.3 is 6.18 Å². The average Bonchev–Trinajstić information content (AvgIpc) is 3.27. The molecule has 4 nitrogen and oxygen atoms in total. The molecular weight excluding hydrogens is 419 g/mol. The Balaban J connectivity index is 1.85. The first-order chi connectivity index (χ1) is 13.6. The minimum atomic E-state index is -4.60. The number of aromatic nitrogens is 1. The molecule has 154 valence electrons. The second-order valence-electron chi connectivity index (χ2n) is 7.71. The van der Waals surface area contributed by atoms with E-state index >= 15 is 0 Å². The van der Waals surface area contributed by atoms with Crippen LogP contribution >= 0.6 is 22.7 Å². The molecule has 2 atom stereocenters. The quantitative estimate of drug-likeness (QED) is 0.554. The average molecular weight is 440 g/mol. The molecule has 0 bridgehead atoms. The number of nitrogen functional groups attached to an aromatic ring is 1. The van der Waals surface area contributed by atoms with Gasteiger partial charge in [-0.1, -0.05) is 19.9 Å². The summed E-state index contributed by atoms with van der Waals surface area (Å²) >= 11 is 2.26. The van der Waals surface area contributed by atoms with Gasteiger partial charge in [0.25, 0.3) is 5.91 Å². The van der Waals surface area contributed by atoms with Crippen molar-refractivity contribution < 1.29 is 18.0 Å². The number of amides is 1. The summed E-state index contributed by atoms with van der Waals surface area (Å²) in [6, 6.07) is 4.50. The van der Waals surface area contributed by atoms with Gasteiger partial charge in [0, 0.05) is 18.5 Å². The number of hydrogen-bond acceptors (Lipinski definition) is 5. The monoisotopic (exact) mass is 439 g/mol. The van der Waals surface area contributed by atoms with Crippen molar-refractivity contribution in [2.24, 2.45) is 11.8 Å². The van der Waals surface area contributed by atoms with E-state index in [0.717, 1.165) is 23.8 Å². The molecule has 29 heavy (non-hydrogen) atoms. The van der Waals surface area contributed by atoms with Crippen LogP contribution in [-0.4, -0.2) is 28.9 Å². The molecule has 0 radical (unpaired) electrons. The Morgan fingerprint density at radius 3 is 2.55 bits per heavy atom. The summed E-state index contributed by atoms with van der Waals surface area (Å²) in [5.41, 5.74) is 5.37. The molecule has 0 aliphatic carbocycles. The number of piperidine rings is 1. The van der Waals surface area contributed by atoms with Crippen LogP contribution in [-0.2, 0) is 6.18 Å². The number of pyridine rings is 1. The molecule has 4 rings (SSSR count). The Hall–Kier alpha value is -2.13. The SMILES string of the molecule is CC1CC(C)CN(C(=O)c2sc3nc(-c4cccs4)cc(C(F)(F)F)c3c2N)C1. The van der Waals surface area contributed by atoms with E-state index in [9.17, 15) is 18.0 Å². The molecule has 9 heteroatoms. The molecule has 1 saturated heterocycles. The lowest BCUT2D eigenvalue weighted by Gasteiger charge is -2.34. The van der Waals surface area contributed by atoms with E-state index in [1.165, 1.54) is 11.3 Å². The first-order valence-corrected chi connectivity index (χ1v) is 11.0. The van der Waals surface area contributed by atoms with Gasteiger partial charge in [0.1, 0.15) is 9.71 Å². The highest BCUT2D eigenvalue weighted by Gasteiger charge is 2.37. The number of carbonyl (C=O) groups excluding carboxylic acids is 1. The van der Waals surface area contributed by atoms with Gasteiger partial charge in [-0.15, -0.1) is 22.7 Å². The molecule has 3 aromatic rings. The van der Waals surface area contributed by atoms with Gasteiger partial charge < -0.3 is 10.6 Å². The molecule has 0 spiro atoms. The van der Waals surface area contributed by atoms with Gasteiger partial charge in [-0.05, 0) is 35.8 Å². The summed E-state index contributed by atoms with van der Waals surface area (Å²) in [7, 11) is 0. The molecule has 4 heterocycles. The van der Waals surface area contributed by atoms with Gasteiger partial charge in [0.05, 0.1) is 21.8 Å². The van der Waals surface area contributed by atoms with E-state index < -0.39 is 11.7 Å². The lowest BCUT2D eigenvalue weighted by atomic mass is 9.92. The molecule has 3 aromatic heterocycles. The standard InChI is InChI=1S/C20H20F3N3OS2/c1-10-6-11(2)9-26(8-10)19(27)17-16(24)15-12(20(21,22)23)7-13(25-18(15)29-17)14-4-3-5-28-14/h3-5,7,10-11H,6,8-9,24H2,1-2H3. The molecule has 2 unspecified atom stereocenters. The van der Waals surface area contributed by atoms with Crippen LogP contribution in [0.4, 0.5) is 18.9 Å². The van der Waals surface area contributed by atoms with Crippen LogP contribution in [0, 0.1) is 11.8 Å². The van der Waals surface area contributed by atoms with Crippen LogP contribution < -0.4 is 5.73 Å². The van der Waals surface area contributed by atoms with Crippen molar-refractivity contribution in [1.82, 2.24) is 9.88 Å². The minimum Gasteiger partial charge on any atom is -0.397 e. The zero-order valence-electron chi connectivity index (χ0n) is 15.9. The van der Waals surface area contributed by atoms with Gasteiger partial charge in [0.15, 0.2) is 0 Å². The van der Waals surface area contributed by atoms with E-state index in [0.29, 0.717) is 29.8 Å². The highest BCUT2D eigenvalue weighted by atomic mass is 32.1. The normalized spacial score (nSPS) is 20.4. The second kappa shape index (κ2) is 7.28. The third-order valence-electron chi connectivity index (χ3n) is 5.13. The van der Waals surface area contributed by atoms with Crippen molar-refractivity contribution >= 4 is 44.5 Å². The van der Waals surface area contributed by atoms with Gasteiger partial charge in [-0.2, -0.15) is 13.2 Å². The summed E-state index contributed by atoms with van der Waals surface area (Å²) in [4.78, 5) is 20.1. The zero-order chi connectivity index (χ0) is 20.9. The number of likely N-dealkylation sites (tertiary alicyclic amines) is 1. The van der Waals surface area contributed by atoms with Crippen LogP contribution in [0.1, 0.15) is 35.5 Å². The number of alkyl halides is 3. The van der Waals surface area contributed by atoms with Crippen molar-refractivity contribution in [3.05, 3.63) is 34.0 Å². The molecule has 1 amide bonds. The fourth-order valence-electron chi connectivity index (χ4n) is 4.03. The zero-order valence-corrected chi connectivity index (χ0v) is 17.5. The first-order valence-electron chi connectivity index (χ1n) is 9.28. The largest absolute Gasteiger partial charge is 0.417 e. The second-order valence-corrected chi connectivity index (χ2v) is 9.66. The van der Waals surface area contributed by atoms with Crippen LogP contribution in [0.25, 0.3) is 20.8 Å². The maximum atomic E-state index is 13.8. The maximum Gasteiger partial charge on any atom is 0.417 e. The number of nitrogens with zero attached hydrogens (tertiary/aromatic N) is 2. The van der Waals surface area contributed by atoms with Crippen LogP contribution in [0.15, 0.2) is 23.6 Å². The molecular formula is C20H20F3N3OS2. The Morgan fingerprint density at radius 2 is 1.97 bits per heavy atom. The Morgan fingerprint density at radius 1 is 1.28 bits per heavy atom. The van der Waals surface area contributed by atoms with E-state index in [1.807, 2.05) is 0 Å². The van der Waals surface area contributed by atoms with Crippen molar-refractivity contribution in [1.29, 1.82) is 0 Å². The highest BCUT2D eigenvalue weighted by Crippen LogP contribution is 2.44. The molecule has 1 aliphatic heterocycles. The number of halogens is 3. The van der Waals surface area contributed by atoms with Gasteiger partial charge in [0.2, 0.25) is 0 Å². The van der Waals surface area contributed by atoms with E-state index in [1.54, 1.807) is 22.4 Å². The predicted molar refractivity (Wildman–Crippen MR) is 111 cm³/mol. The molecule has 0 saturated carbocycles. The molecule has 1 aliphatic rings. The Bertz CT molecular complexity index is 1050. The third kappa shape index (κ3) is 3.73. The number of nitrogens with two attached hydrogens (primary N) is 1. The van der Waals surface area contributed by atoms with Crippen LogP contribution in [0.2, 0.25) is 0 Å². The van der Waals surface area contributed by atoms with Gasteiger partial charge in [-0.3, -0.25) is 4.79 Å². The summed E-state index contributed by atoms with van der Waals surface area (Å²) in [5, 5.41) is 1.61. The summed E-state index contributed by atoms with van der Waals surface area (Å²) in [6.45, 7) is 5.30. The number of anilines is 1. The minimum absolute atomic E-state index is 0.126. The lowest BCUT2D eigenvalue weighted by Crippen LogP contribution is -2.42. The number of fused-ring (bicyclic) bond motifs is 1. The van der Waals surface area contributed by atoms with Crippen LogP contribution in [0.3, 0.4) is 0 Å². The highest BCUT2D eigenvalue weighted by molar-refractivity contribution is 7.21. The smallest absolute Gasteiger partial charge is 0.397 e. The fraction of sp³-hybridized carbons (Fsp3) is 0.400. The van der Waals surface area contributed by atoms with Crippen molar-refractivity contribution in [3.8, 4) is 10.6 Å². The van der Waals surface area contributed by atoms with E-state index in [2.05, 4.69) is 18.8 Å². The van der Waals surface area contributed by atoms with E-state index in [4.69, 9.17) is 5.73 Å². The summed E-state index contributed by atoms with van der Waals surface area (Å²) < 4.78 is 41.4. The lowest BCUT2D eigenvalue weighted by molar-refractivity contribution is -0.136. The van der Waals surface area contributed by atoms with Crippen LogP contribution in [0.5, 0.6) is 0 Å². The van der Waals surface area contributed by atoms with Crippen molar-refractivity contribution in [2.45, 2.75) is 26.4 Å². The summed E-state index contributed by atoms with van der Waals surface area (Å²) in [5.74, 6) is 0.370. The predicted octanol–water partition coefficient (Wildman–Crippen LogP) is 5.74. The number of carbonyl (C=O) groups is 1. The molecule has 0 aromatic carbocycles. The topological polar surface area (TPSA) is 59.2 Å². The van der Waals surface area contributed by atoms with Crippen molar-refractivity contribution in [3.63, 3.8) is 0 Å². The molecule has 1 fully saturated rings. The fourth-order valence-corrected chi connectivity index (χ4v) is 5.80. The molecule has 2 N–H and O–H groups in total. The number of rotatable bonds is 2. The maximum absolute atomic E-state index is 13.8. The summed E-state index contributed by atoms with van der Waals surface area (Å²) in [6.07, 6.45) is -3.58. The Kier molecular flexibility index (Phi) is 5.06. The Labute approximate surface area is 174 Å². The van der Waals surface area contributed by atoms with Gasteiger partial charge in [-0.25, -0.2) is 4.98 Å². The third-order valence-corrected chi connectivity index (χ3v) is 7.11. The number of thiophene rings is 2. The van der Waals surface area contributed by atoms with E-state index in [-0.39, 0.29) is 32.4 Å². The number of hydrogen-bond donors (Lipinski definition) is 1. The first kappa shape index (κ1) is 20.2.